The molecule has 0 bridgehead atoms. The molecule has 1 aliphatic rings. The van der Waals surface area contributed by atoms with Gasteiger partial charge in [-0.3, -0.25) is 0 Å². The molecule has 0 aromatic heterocycles. The number of quaternary nitrogens is 1. The van der Waals surface area contributed by atoms with Gasteiger partial charge in [-0.2, -0.15) is 5.26 Å². The van der Waals surface area contributed by atoms with E-state index in [1.807, 2.05) is 30.3 Å². The molecule has 0 atom stereocenters. The van der Waals surface area contributed by atoms with Gasteiger partial charge in [0.2, 0.25) is 0 Å². The molecule has 0 aliphatic carbocycles. The van der Waals surface area contributed by atoms with Crippen LogP contribution in [0.15, 0.2) is 60.2 Å². The summed E-state index contributed by atoms with van der Waals surface area (Å²) in [6.45, 7) is 7.31. The predicted molar refractivity (Wildman–Crippen MR) is 110 cm³/mol. The van der Waals surface area contributed by atoms with E-state index >= 15 is 0 Å². The number of hydrogen-bond donors (Lipinski definition) is 1. The number of rotatable bonds is 6. The Morgan fingerprint density at radius 2 is 1.82 bits per heavy atom. The lowest BCUT2D eigenvalue weighted by Crippen LogP contribution is -3.13. The maximum absolute atomic E-state index is 11.7. The number of ether oxygens (including phenoxy) is 1. The van der Waals surface area contributed by atoms with Crippen LogP contribution in [0.4, 0.5) is 5.69 Å². The Kier molecular flexibility index (Phi) is 6.83. The fourth-order valence-electron chi connectivity index (χ4n) is 3.44. The second-order valence-electron chi connectivity index (χ2n) is 6.88. The van der Waals surface area contributed by atoms with Gasteiger partial charge in [0.15, 0.2) is 0 Å². The van der Waals surface area contributed by atoms with Crippen molar-refractivity contribution in [1.29, 1.82) is 5.26 Å². The molecule has 3 rings (SSSR count). The highest BCUT2D eigenvalue weighted by Crippen LogP contribution is 2.17. The van der Waals surface area contributed by atoms with Crippen LogP contribution in [0.3, 0.4) is 0 Å². The molecule has 0 amide bonds. The highest BCUT2D eigenvalue weighted by atomic mass is 16.5. The van der Waals surface area contributed by atoms with Crippen LogP contribution in [-0.2, 0) is 16.1 Å². The van der Waals surface area contributed by atoms with Crippen LogP contribution in [0.25, 0.3) is 6.08 Å². The van der Waals surface area contributed by atoms with E-state index in [4.69, 9.17) is 10.00 Å². The molecule has 1 saturated heterocycles. The minimum Gasteiger partial charge on any atom is -0.462 e. The first-order valence-electron chi connectivity index (χ1n) is 9.71. The Balaban J connectivity index is 1.57. The van der Waals surface area contributed by atoms with Crippen LogP contribution in [0.5, 0.6) is 0 Å². The van der Waals surface area contributed by atoms with Gasteiger partial charge < -0.3 is 14.5 Å². The van der Waals surface area contributed by atoms with Crippen molar-refractivity contribution in [3.8, 4) is 6.07 Å². The predicted octanol–water partition coefficient (Wildman–Crippen LogP) is 2.06. The average Bonchev–Trinajstić information content (AvgIpc) is 2.74. The Morgan fingerprint density at radius 3 is 2.43 bits per heavy atom. The summed E-state index contributed by atoms with van der Waals surface area (Å²) < 4.78 is 4.90. The minimum absolute atomic E-state index is 0.0210. The summed E-state index contributed by atoms with van der Waals surface area (Å²) in [7, 11) is 0. The third-order valence-corrected chi connectivity index (χ3v) is 4.95. The molecule has 1 aliphatic heterocycles. The molecular weight excluding hydrogens is 350 g/mol. The molecule has 5 heteroatoms. The first-order chi connectivity index (χ1) is 13.7. The van der Waals surface area contributed by atoms with Crippen LogP contribution >= 0.6 is 0 Å². The summed E-state index contributed by atoms with van der Waals surface area (Å²) in [4.78, 5) is 15.7. The molecule has 144 valence electrons. The number of nitriles is 1. The summed E-state index contributed by atoms with van der Waals surface area (Å²) in [5, 5.41) is 9.14. The van der Waals surface area contributed by atoms with Gasteiger partial charge in [0.1, 0.15) is 18.2 Å². The zero-order chi connectivity index (χ0) is 19.8. The van der Waals surface area contributed by atoms with Gasteiger partial charge in [-0.15, -0.1) is 0 Å². The third kappa shape index (κ3) is 5.21. The topological polar surface area (TPSA) is 57.8 Å². The normalized spacial score (nSPS) is 15.1. The third-order valence-electron chi connectivity index (χ3n) is 4.95. The number of benzene rings is 2. The largest absolute Gasteiger partial charge is 0.462 e. The zero-order valence-corrected chi connectivity index (χ0v) is 16.2. The van der Waals surface area contributed by atoms with E-state index in [-0.39, 0.29) is 12.2 Å². The van der Waals surface area contributed by atoms with Crippen molar-refractivity contribution in [3.05, 3.63) is 71.3 Å². The van der Waals surface area contributed by atoms with Crippen molar-refractivity contribution in [1.82, 2.24) is 0 Å². The molecule has 2 aromatic rings. The van der Waals surface area contributed by atoms with E-state index in [1.54, 1.807) is 17.9 Å². The zero-order valence-electron chi connectivity index (χ0n) is 16.2. The Hall–Kier alpha value is -3.10. The summed E-state index contributed by atoms with van der Waals surface area (Å²) in [5.41, 5.74) is 3.40. The molecular formula is C23H26N3O2+. The van der Waals surface area contributed by atoms with Gasteiger partial charge in [0.25, 0.3) is 0 Å². The fourth-order valence-corrected chi connectivity index (χ4v) is 3.44. The van der Waals surface area contributed by atoms with Crippen LogP contribution in [0.2, 0.25) is 0 Å². The number of nitrogens with zero attached hydrogens (tertiary/aromatic N) is 2. The second-order valence-corrected chi connectivity index (χ2v) is 6.88. The van der Waals surface area contributed by atoms with Crippen LogP contribution in [0.1, 0.15) is 18.1 Å². The lowest BCUT2D eigenvalue weighted by atomic mass is 10.1. The Labute approximate surface area is 166 Å². The number of nitrogens with one attached hydrogen (secondary N) is 1. The summed E-state index contributed by atoms with van der Waals surface area (Å²) >= 11 is 0. The maximum atomic E-state index is 11.7. The van der Waals surface area contributed by atoms with Gasteiger partial charge in [0.05, 0.1) is 32.8 Å². The van der Waals surface area contributed by atoms with Crippen molar-refractivity contribution < 1.29 is 14.4 Å². The number of piperazine rings is 1. The average molecular weight is 376 g/mol. The van der Waals surface area contributed by atoms with Gasteiger partial charge in [-0.1, -0.05) is 42.5 Å². The van der Waals surface area contributed by atoms with Crippen molar-refractivity contribution in [2.75, 3.05) is 37.7 Å². The highest BCUT2D eigenvalue weighted by Gasteiger charge is 2.20. The molecule has 2 aromatic carbocycles. The van der Waals surface area contributed by atoms with Crippen molar-refractivity contribution in [2.45, 2.75) is 13.5 Å². The molecule has 0 saturated carbocycles. The Bertz CT molecular complexity index is 846. The summed E-state index contributed by atoms with van der Waals surface area (Å²) in [6.07, 6.45) is 1.57. The van der Waals surface area contributed by atoms with E-state index in [0.29, 0.717) is 0 Å². The van der Waals surface area contributed by atoms with Crippen LogP contribution in [0, 0.1) is 11.3 Å². The standard InChI is InChI=1S/C23H25N3O2/c1-2-28-23(27)21(17-24)16-19-8-10-22(11-9-19)26-14-12-25(13-15-26)18-20-6-4-3-5-7-20/h3-11,16H,2,12-15,18H2,1H3/p+1/b21-16+. The van der Waals surface area contributed by atoms with E-state index in [9.17, 15) is 4.79 Å². The van der Waals surface area contributed by atoms with Gasteiger partial charge >= 0.3 is 5.97 Å². The summed E-state index contributed by atoms with van der Waals surface area (Å²) in [6, 6.07) is 20.5. The quantitative estimate of drug-likeness (QED) is 0.476. The SMILES string of the molecule is CCOC(=O)/C(C#N)=C/c1ccc(N2CC[NH+](Cc3ccccc3)CC2)cc1. The summed E-state index contributed by atoms with van der Waals surface area (Å²) in [5.74, 6) is -0.577. The lowest BCUT2D eigenvalue weighted by Gasteiger charge is -2.33. The molecule has 1 N–H and O–H groups in total. The number of carbonyl (C=O) groups excluding carboxylic acids is 1. The fraction of sp³-hybridized carbons (Fsp3) is 0.304. The smallest absolute Gasteiger partial charge is 0.348 e. The van der Waals surface area contributed by atoms with Gasteiger partial charge in [0, 0.05) is 11.3 Å². The molecule has 0 radical (unpaired) electrons. The molecule has 0 spiro atoms. The molecule has 1 heterocycles. The van der Waals surface area contributed by atoms with E-state index < -0.39 is 5.97 Å². The van der Waals surface area contributed by atoms with E-state index in [1.165, 1.54) is 11.3 Å². The van der Waals surface area contributed by atoms with Crippen LogP contribution < -0.4 is 9.80 Å². The minimum atomic E-state index is -0.577. The molecule has 5 nitrogen and oxygen atoms in total. The number of anilines is 1. The van der Waals surface area contributed by atoms with Crippen molar-refractivity contribution in [3.63, 3.8) is 0 Å². The molecule has 0 unspecified atom stereocenters. The number of esters is 1. The monoisotopic (exact) mass is 376 g/mol. The van der Waals surface area contributed by atoms with Crippen LogP contribution in [-0.4, -0.2) is 38.8 Å². The lowest BCUT2D eigenvalue weighted by molar-refractivity contribution is -0.914. The van der Waals surface area contributed by atoms with Crippen molar-refractivity contribution in [2.24, 2.45) is 0 Å². The van der Waals surface area contributed by atoms with E-state index in [2.05, 4.69) is 35.2 Å². The van der Waals surface area contributed by atoms with Gasteiger partial charge in [-0.05, 0) is 30.7 Å². The molecule has 1 fully saturated rings. The first kappa shape index (κ1) is 19.7. The first-order valence-corrected chi connectivity index (χ1v) is 9.71. The van der Waals surface area contributed by atoms with Gasteiger partial charge in [-0.25, -0.2) is 4.79 Å². The number of hydrogen-bond acceptors (Lipinski definition) is 4. The van der Waals surface area contributed by atoms with Crippen molar-refractivity contribution >= 4 is 17.7 Å². The highest BCUT2D eigenvalue weighted by molar-refractivity contribution is 5.97. The number of carbonyl (C=O) groups is 1. The van der Waals surface area contributed by atoms with E-state index in [0.717, 1.165) is 38.3 Å². The second kappa shape index (κ2) is 9.72. The Morgan fingerprint density at radius 1 is 1.14 bits per heavy atom. The molecule has 28 heavy (non-hydrogen) atoms. The maximum Gasteiger partial charge on any atom is 0.348 e.